The first kappa shape index (κ1) is 16.5. The van der Waals surface area contributed by atoms with Crippen LogP contribution in [0, 0.1) is 0 Å². The minimum atomic E-state index is 0.0348. The van der Waals surface area contributed by atoms with E-state index in [1.165, 1.54) is 5.56 Å². The van der Waals surface area contributed by atoms with Crippen molar-refractivity contribution in [2.75, 3.05) is 11.1 Å². The average Bonchev–Trinajstić information content (AvgIpc) is 2.62. The van der Waals surface area contributed by atoms with Gasteiger partial charge < -0.3 is 5.32 Å². The summed E-state index contributed by atoms with van der Waals surface area (Å²) < 4.78 is 0. The van der Waals surface area contributed by atoms with Crippen LogP contribution in [0.3, 0.4) is 0 Å². The van der Waals surface area contributed by atoms with Crippen molar-refractivity contribution in [2.24, 2.45) is 0 Å². The van der Waals surface area contributed by atoms with E-state index in [9.17, 15) is 4.79 Å². The molecule has 0 radical (unpaired) electrons. The Morgan fingerprint density at radius 1 is 1.04 bits per heavy atom. The van der Waals surface area contributed by atoms with E-state index in [-0.39, 0.29) is 5.91 Å². The third-order valence-corrected chi connectivity index (χ3v) is 4.73. The van der Waals surface area contributed by atoms with Crippen molar-refractivity contribution in [3.8, 4) is 0 Å². The van der Waals surface area contributed by atoms with Crippen molar-refractivity contribution >= 4 is 34.3 Å². The third kappa shape index (κ3) is 4.36. The van der Waals surface area contributed by atoms with Gasteiger partial charge in [0, 0.05) is 23.2 Å². The fraction of sp³-hybridized carbons (Fsp3) is 0.200. The molecule has 0 saturated carbocycles. The predicted molar refractivity (Wildman–Crippen MR) is 102 cm³/mol. The minimum Gasteiger partial charge on any atom is -0.326 e. The van der Waals surface area contributed by atoms with E-state index in [4.69, 9.17) is 0 Å². The molecule has 0 atom stereocenters. The van der Waals surface area contributed by atoms with Crippen LogP contribution in [0.2, 0.25) is 0 Å². The molecular formula is C20H20N2OS. The molecule has 0 fully saturated rings. The number of pyridine rings is 1. The first-order chi connectivity index (χ1) is 11.7. The Morgan fingerprint density at radius 2 is 1.83 bits per heavy atom. The van der Waals surface area contributed by atoms with Crippen LogP contribution < -0.4 is 5.32 Å². The fourth-order valence-corrected chi connectivity index (χ4v) is 3.25. The van der Waals surface area contributed by atoms with Crippen LogP contribution in [-0.4, -0.2) is 16.6 Å². The standard InChI is InChI=1S/C20H20N2OS/c1-2-15-7-10-17(11-8-15)21-19(23)13-14-24-20-12-9-16-5-3-4-6-18(16)22-20/h3-12H,2,13-14H2,1H3,(H,21,23). The van der Waals surface area contributed by atoms with Crippen molar-refractivity contribution in [3.05, 3.63) is 66.2 Å². The number of hydrogen-bond donors (Lipinski definition) is 1. The molecule has 1 aromatic heterocycles. The van der Waals surface area contributed by atoms with Crippen LogP contribution in [-0.2, 0) is 11.2 Å². The number of amides is 1. The highest BCUT2D eigenvalue weighted by molar-refractivity contribution is 7.99. The van der Waals surface area contributed by atoms with Crippen molar-refractivity contribution in [3.63, 3.8) is 0 Å². The summed E-state index contributed by atoms with van der Waals surface area (Å²) in [5.41, 5.74) is 3.11. The zero-order valence-corrected chi connectivity index (χ0v) is 14.5. The smallest absolute Gasteiger partial charge is 0.225 e. The molecule has 0 unspecified atom stereocenters. The van der Waals surface area contributed by atoms with E-state index in [1.807, 2.05) is 54.6 Å². The summed E-state index contributed by atoms with van der Waals surface area (Å²) in [4.78, 5) is 16.6. The summed E-state index contributed by atoms with van der Waals surface area (Å²) in [5, 5.41) is 5.02. The van der Waals surface area contributed by atoms with Crippen molar-refractivity contribution < 1.29 is 4.79 Å². The summed E-state index contributed by atoms with van der Waals surface area (Å²) in [6, 6.07) is 20.1. The zero-order valence-electron chi connectivity index (χ0n) is 13.7. The molecule has 1 N–H and O–H groups in total. The van der Waals surface area contributed by atoms with Gasteiger partial charge in [0.05, 0.1) is 10.5 Å². The fourth-order valence-electron chi connectivity index (χ4n) is 2.42. The SMILES string of the molecule is CCc1ccc(NC(=O)CCSc2ccc3ccccc3n2)cc1. The lowest BCUT2D eigenvalue weighted by Gasteiger charge is -2.06. The maximum absolute atomic E-state index is 12.0. The van der Waals surface area contributed by atoms with Crippen LogP contribution in [0.1, 0.15) is 18.9 Å². The lowest BCUT2D eigenvalue weighted by Crippen LogP contribution is -2.12. The molecule has 3 rings (SSSR count). The van der Waals surface area contributed by atoms with Crippen LogP contribution in [0.5, 0.6) is 0 Å². The Labute approximate surface area is 146 Å². The maximum atomic E-state index is 12.0. The second kappa shape index (κ2) is 7.97. The number of para-hydroxylation sites is 1. The molecule has 0 aliphatic heterocycles. The number of benzene rings is 2. The Hall–Kier alpha value is -2.33. The average molecular weight is 336 g/mol. The summed E-state index contributed by atoms with van der Waals surface area (Å²) in [7, 11) is 0. The number of carbonyl (C=O) groups is 1. The largest absolute Gasteiger partial charge is 0.326 e. The van der Waals surface area contributed by atoms with Crippen LogP contribution >= 0.6 is 11.8 Å². The minimum absolute atomic E-state index is 0.0348. The van der Waals surface area contributed by atoms with Gasteiger partial charge in [-0.05, 0) is 36.2 Å². The van der Waals surface area contributed by atoms with E-state index in [1.54, 1.807) is 11.8 Å². The summed E-state index contributed by atoms with van der Waals surface area (Å²) >= 11 is 1.61. The van der Waals surface area contributed by atoms with Gasteiger partial charge in [-0.1, -0.05) is 43.3 Å². The quantitative estimate of drug-likeness (QED) is 0.650. The van der Waals surface area contributed by atoms with Crippen molar-refractivity contribution in [2.45, 2.75) is 24.8 Å². The van der Waals surface area contributed by atoms with Crippen molar-refractivity contribution in [1.29, 1.82) is 0 Å². The number of carbonyl (C=O) groups excluding carboxylic acids is 1. The molecule has 3 aromatic rings. The molecule has 122 valence electrons. The molecule has 0 aliphatic carbocycles. The highest BCUT2D eigenvalue weighted by Gasteiger charge is 2.04. The molecule has 1 heterocycles. The molecule has 0 aliphatic rings. The molecule has 4 heteroatoms. The number of thioether (sulfide) groups is 1. The van der Waals surface area contributed by atoms with Gasteiger partial charge in [0.25, 0.3) is 0 Å². The number of anilines is 1. The topological polar surface area (TPSA) is 42.0 Å². The van der Waals surface area contributed by atoms with E-state index in [2.05, 4.69) is 23.3 Å². The lowest BCUT2D eigenvalue weighted by molar-refractivity contribution is -0.115. The first-order valence-electron chi connectivity index (χ1n) is 8.12. The Bertz CT molecular complexity index is 830. The summed E-state index contributed by atoms with van der Waals surface area (Å²) in [5.74, 6) is 0.747. The number of hydrogen-bond acceptors (Lipinski definition) is 3. The van der Waals surface area contributed by atoms with Crippen LogP contribution in [0.25, 0.3) is 10.9 Å². The van der Waals surface area contributed by atoms with Crippen LogP contribution in [0.15, 0.2) is 65.7 Å². The summed E-state index contributed by atoms with van der Waals surface area (Å²) in [6.45, 7) is 2.12. The van der Waals surface area contributed by atoms with Gasteiger partial charge in [-0.3, -0.25) is 4.79 Å². The third-order valence-electron chi connectivity index (χ3n) is 3.80. The van der Waals surface area contributed by atoms with Gasteiger partial charge in [0.1, 0.15) is 0 Å². The molecule has 2 aromatic carbocycles. The second-order valence-corrected chi connectivity index (χ2v) is 6.65. The molecule has 0 saturated heterocycles. The number of rotatable bonds is 6. The van der Waals surface area contributed by atoms with Gasteiger partial charge in [-0.15, -0.1) is 11.8 Å². The van der Waals surface area contributed by atoms with Gasteiger partial charge in [0.15, 0.2) is 0 Å². The number of aryl methyl sites for hydroxylation is 1. The highest BCUT2D eigenvalue weighted by atomic mass is 32.2. The van der Waals surface area contributed by atoms with E-state index in [0.29, 0.717) is 12.2 Å². The van der Waals surface area contributed by atoms with Crippen LogP contribution in [0.4, 0.5) is 5.69 Å². The number of aromatic nitrogens is 1. The second-order valence-electron chi connectivity index (χ2n) is 5.54. The van der Waals surface area contributed by atoms with Gasteiger partial charge in [0.2, 0.25) is 5.91 Å². The normalized spacial score (nSPS) is 10.7. The van der Waals surface area contributed by atoms with Gasteiger partial charge in [-0.2, -0.15) is 0 Å². The van der Waals surface area contributed by atoms with Gasteiger partial charge in [-0.25, -0.2) is 4.98 Å². The number of nitrogens with zero attached hydrogens (tertiary/aromatic N) is 1. The molecule has 3 nitrogen and oxygen atoms in total. The highest BCUT2D eigenvalue weighted by Crippen LogP contribution is 2.20. The van der Waals surface area contributed by atoms with Crippen molar-refractivity contribution in [1.82, 2.24) is 4.98 Å². The number of nitrogens with one attached hydrogen (secondary N) is 1. The predicted octanol–water partition coefficient (Wildman–Crippen LogP) is 4.92. The zero-order chi connectivity index (χ0) is 16.8. The van der Waals surface area contributed by atoms with Gasteiger partial charge >= 0.3 is 0 Å². The number of fused-ring (bicyclic) bond motifs is 1. The van der Waals surface area contributed by atoms with E-state index >= 15 is 0 Å². The maximum Gasteiger partial charge on any atom is 0.225 e. The monoisotopic (exact) mass is 336 g/mol. The first-order valence-corrected chi connectivity index (χ1v) is 9.10. The molecule has 0 spiro atoms. The Morgan fingerprint density at radius 3 is 2.62 bits per heavy atom. The lowest BCUT2D eigenvalue weighted by atomic mass is 10.1. The Balaban J connectivity index is 1.50. The van der Waals surface area contributed by atoms with E-state index in [0.717, 1.165) is 28.0 Å². The molecule has 0 bridgehead atoms. The Kier molecular flexibility index (Phi) is 5.49. The molecule has 1 amide bonds. The molecular weight excluding hydrogens is 316 g/mol. The summed E-state index contributed by atoms with van der Waals surface area (Å²) in [6.07, 6.45) is 1.47. The molecule has 24 heavy (non-hydrogen) atoms. The van der Waals surface area contributed by atoms with E-state index < -0.39 is 0 Å².